The van der Waals surface area contributed by atoms with Crippen molar-refractivity contribution in [1.29, 1.82) is 0 Å². The SMILES string of the molecule is CC(=Nc1ccccc1)c1cc(C)ccc1C.CN=C(c1ccc(C)cc1)c1ccc(C)cc1.CN=C(c1cccc(C)c1)c1cccc(C)c1.CN=C(c1ccccc1)c1cc(C)ccc1C.Cc1ccc(C(=O)c2ccc(C)nc2)cn1.Cc1ccc2c(c1)c(=O)c1cccc3c1c2c1cccc2c(=O)c4cc(C)ccc4c3c21. The number of hydrogen-bond donors (Lipinski definition) is 0. The molecule has 0 amide bonds. The third kappa shape index (κ3) is 19.0. The zero-order valence-electron chi connectivity index (χ0n) is 69.3. The molecule has 0 aliphatic carbocycles. The first-order chi connectivity index (χ1) is 56.0. The lowest BCUT2D eigenvalue weighted by atomic mass is 9.84. The third-order valence-electron chi connectivity index (χ3n) is 20.8. The molecule has 15 aromatic carbocycles. The molecule has 2 aromatic heterocycles. The standard InChI is InChI=1S/C30H18O2.4C16H17N.C13H12N2O/c1-15-9-11-17-23(13-15)29(31)21-7-3-6-20-26-18-12-10-16(2)14-24(18)30(32)22-8-4-5-19(28(22)26)25(17)27(20)21;1-12-4-8-14(9-5-12)16(17-3)15-10-6-13(2)7-11-15;1-12-6-4-8-14(10-12)16(17-3)15-9-5-7-13(2)11-15;1-12-9-10-13(2)15(11-12)16(17-3)14-7-5-4-6-8-14;1-12-9-10-13(2)16(11-12)14(3)17-15-7-5-4-6-8-15;1-9-3-5-11(7-14-9)13(16)12-6-4-10(2)15-8-12/h3-14H,1-2H3;4*4-11H,1-3H3;3-8H,1-2H3. The summed E-state index contributed by atoms with van der Waals surface area (Å²) >= 11 is 0. The minimum absolute atomic E-state index is 0.0417. The quantitative estimate of drug-likeness (QED) is 0.0583. The monoisotopic (exact) mass is 1510 g/mol. The van der Waals surface area contributed by atoms with E-state index >= 15 is 0 Å². The molecule has 0 fully saturated rings. The lowest BCUT2D eigenvalue weighted by Crippen LogP contribution is -2.07. The van der Waals surface area contributed by atoms with Crippen molar-refractivity contribution in [2.24, 2.45) is 20.0 Å². The van der Waals surface area contributed by atoms with Gasteiger partial charge in [0.15, 0.2) is 16.6 Å². The fraction of sp³-hybridized carbons (Fsp3) is 0.150. The summed E-state index contributed by atoms with van der Waals surface area (Å²) < 4.78 is 0. The second-order valence-corrected chi connectivity index (χ2v) is 29.9. The Hall–Kier alpha value is -13.6. The summed E-state index contributed by atoms with van der Waals surface area (Å²) in [7, 11) is 5.54. The number of benzene rings is 15. The number of aromatic nitrogens is 2. The number of aliphatic imine (C=N–C) groups is 4. The van der Waals surface area contributed by atoms with Gasteiger partial charge in [0, 0.05) is 127 Å². The normalized spacial score (nSPS) is 11.1. The van der Waals surface area contributed by atoms with Gasteiger partial charge in [-0.2, -0.15) is 0 Å². The van der Waals surface area contributed by atoms with Crippen LogP contribution in [0, 0.1) is 83.1 Å². The van der Waals surface area contributed by atoms with Crippen LogP contribution in [0.1, 0.15) is 129 Å². The molecule has 116 heavy (non-hydrogen) atoms. The van der Waals surface area contributed by atoms with Gasteiger partial charge in [0.2, 0.25) is 0 Å². The van der Waals surface area contributed by atoms with Gasteiger partial charge in [-0.3, -0.25) is 44.3 Å². The minimum Gasteiger partial charge on any atom is -0.289 e. The summed E-state index contributed by atoms with van der Waals surface area (Å²) in [6.07, 6.45) is 3.19. The zero-order valence-corrected chi connectivity index (χ0v) is 69.3. The molecule has 0 bridgehead atoms. The first-order valence-electron chi connectivity index (χ1n) is 39.2. The van der Waals surface area contributed by atoms with E-state index in [0.717, 1.165) is 116 Å². The molecule has 9 heteroatoms. The van der Waals surface area contributed by atoms with Crippen LogP contribution in [0.3, 0.4) is 0 Å². The van der Waals surface area contributed by atoms with Crippen LogP contribution in [0.15, 0.2) is 333 Å². The van der Waals surface area contributed by atoms with Crippen LogP contribution in [0.5, 0.6) is 0 Å². The number of carbonyl (C=O) groups is 1. The van der Waals surface area contributed by atoms with Crippen LogP contribution < -0.4 is 10.9 Å². The Kier molecular flexibility index (Phi) is 26.3. The van der Waals surface area contributed by atoms with Crippen LogP contribution >= 0.6 is 0 Å². The lowest BCUT2D eigenvalue weighted by molar-refractivity contribution is 0.103. The summed E-state index contributed by atoms with van der Waals surface area (Å²) in [5, 5.41) is 11.1. The van der Waals surface area contributed by atoms with Gasteiger partial charge >= 0.3 is 0 Å². The van der Waals surface area contributed by atoms with Crippen molar-refractivity contribution >= 4 is 99.0 Å². The summed E-state index contributed by atoms with van der Waals surface area (Å²) in [4.78, 5) is 65.2. The van der Waals surface area contributed by atoms with Crippen molar-refractivity contribution in [3.05, 3.63) is 441 Å². The molecule has 574 valence electrons. The summed E-state index contributed by atoms with van der Waals surface area (Å²) in [5.74, 6) is -0.0417. The predicted octanol–water partition coefficient (Wildman–Crippen LogP) is 24.9. The van der Waals surface area contributed by atoms with E-state index in [1.54, 1.807) is 24.5 Å². The van der Waals surface area contributed by atoms with E-state index in [1.165, 1.54) is 83.5 Å². The molecule has 9 nitrogen and oxygen atoms in total. The second-order valence-electron chi connectivity index (χ2n) is 29.9. The van der Waals surface area contributed by atoms with Crippen LogP contribution in [-0.4, -0.2) is 59.7 Å². The summed E-state index contributed by atoms with van der Waals surface area (Å²) in [5.41, 5.74) is 28.9. The van der Waals surface area contributed by atoms with Crippen molar-refractivity contribution in [2.75, 3.05) is 21.1 Å². The van der Waals surface area contributed by atoms with E-state index in [1.807, 2.05) is 146 Å². The van der Waals surface area contributed by atoms with E-state index < -0.39 is 0 Å². The maximum absolute atomic E-state index is 13.6. The Labute approximate surface area is 681 Å². The third-order valence-corrected chi connectivity index (χ3v) is 20.8. The first kappa shape index (κ1) is 81.8. The minimum atomic E-state index is -0.0417. The average Bonchev–Trinajstić information content (AvgIpc) is 0.690. The van der Waals surface area contributed by atoms with Crippen LogP contribution in [0.2, 0.25) is 0 Å². The highest BCUT2D eigenvalue weighted by atomic mass is 16.1. The van der Waals surface area contributed by atoms with Crippen molar-refractivity contribution in [1.82, 2.24) is 9.97 Å². The molecule has 0 spiro atoms. The number of aryl methyl sites for hydroxylation is 12. The fourth-order valence-electron chi connectivity index (χ4n) is 14.8. The molecular formula is C107H98N6O3. The number of ketones is 1. The molecule has 0 aliphatic rings. The van der Waals surface area contributed by atoms with E-state index in [2.05, 4.69) is 274 Å². The van der Waals surface area contributed by atoms with Gasteiger partial charge in [0.05, 0.1) is 22.8 Å². The highest BCUT2D eigenvalue weighted by molar-refractivity contribution is 6.41. The van der Waals surface area contributed by atoms with Crippen molar-refractivity contribution in [3.8, 4) is 0 Å². The van der Waals surface area contributed by atoms with Crippen molar-refractivity contribution in [2.45, 2.75) is 90.0 Å². The number of rotatable bonds is 10. The molecule has 0 unspecified atom stereocenters. The Balaban J connectivity index is 0.000000132. The topological polar surface area (TPSA) is 126 Å². The molecule has 0 radical (unpaired) electrons. The Morgan fingerprint density at radius 1 is 0.267 bits per heavy atom. The molecular weight excluding hydrogens is 1420 g/mol. The smallest absolute Gasteiger partial charge is 0.196 e. The average molecular weight is 1520 g/mol. The van der Waals surface area contributed by atoms with E-state index in [0.29, 0.717) is 11.1 Å². The molecule has 17 rings (SSSR count). The molecule has 0 saturated heterocycles. The van der Waals surface area contributed by atoms with Crippen LogP contribution in [0.4, 0.5) is 5.69 Å². The van der Waals surface area contributed by atoms with E-state index in [9.17, 15) is 14.4 Å². The Morgan fingerprint density at radius 2 is 0.603 bits per heavy atom. The Morgan fingerprint density at radius 3 is 1.03 bits per heavy atom. The fourth-order valence-corrected chi connectivity index (χ4v) is 14.8. The van der Waals surface area contributed by atoms with Gasteiger partial charge in [-0.15, -0.1) is 0 Å². The molecule has 2 heterocycles. The number of fused-ring (bicyclic) bond motifs is 6. The van der Waals surface area contributed by atoms with Crippen molar-refractivity contribution < 1.29 is 4.79 Å². The molecule has 0 saturated carbocycles. The molecule has 0 atom stereocenters. The predicted molar refractivity (Wildman–Crippen MR) is 493 cm³/mol. The second kappa shape index (κ2) is 37.3. The molecule has 0 N–H and O–H groups in total. The van der Waals surface area contributed by atoms with E-state index in [4.69, 9.17) is 0 Å². The number of pyridine rings is 2. The summed E-state index contributed by atoms with van der Waals surface area (Å²) in [6.45, 7) is 26.7. The lowest BCUT2D eigenvalue weighted by Gasteiger charge is -2.17. The highest BCUT2D eigenvalue weighted by Crippen LogP contribution is 2.44. The van der Waals surface area contributed by atoms with Crippen LogP contribution in [-0.2, 0) is 0 Å². The largest absolute Gasteiger partial charge is 0.289 e. The van der Waals surface area contributed by atoms with Crippen LogP contribution in [0.25, 0.3) is 64.6 Å². The van der Waals surface area contributed by atoms with Gasteiger partial charge in [-0.1, -0.05) is 263 Å². The highest BCUT2D eigenvalue weighted by Gasteiger charge is 2.22. The van der Waals surface area contributed by atoms with Gasteiger partial charge in [0.25, 0.3) is 0 Å². The van der Waals surface area contributed by atoms with Gasteiger partial charge in [-0.25, -0.2) is 0 Å². The number of para-hydroxylation sites is 1. The maximum atomic E-state index is 13.6. The molecule has 0 aliphatic heterocycles. The van der Waals surface area contributed by atoms with Gasteiger partial charge in [-0.05, 0) is 212 Å². The number of hydrogen-bond acceptors (Lipinski definition) is 9. The van der Waals surface area contributed by atoms with E-state index in [-0.39, 0.29) is 16.6 Å². The maximum Gasteiger partial charge on any atom is 0.196 e. The number of nitrogens with zero attached hydrogens (tertiary/aromatic N) is 6. The number of carbonyl (C=O) groups excluding carboxylic acids is 1. The zero-order chi connectivity index (χ0) is 82.3. The van der Waals surface area contributed by atoms with Gasteiger partial charge < -0.3 is 0 Å². The van der Waals surface area contributed by atoms with Crippen molar-refractivity contribution in [3.63, 3.8) is 0 Å². The first-order valence-corrected chi connectivity index (χ1v) is 39.2. The Bertz CT molecular complexity index is 6350. The molecule has 17 aromatic rings. The summed E-state index contributed by atoms with van der Waals surface area (Å²) in [6, 6.07) is 98.7. The van der Waals surface area contributed by atoms with Gasteiger partial charge in [0.1, 0.15) is 0 Å².